The quantitative estimate of drug-likeness (QED) is 0.879. The maximum atomic E-state index is 12.1. The van der Waals surface area contributed by atoms with Crippen LogP contribution in [0, 0.1) is 17.2 Å². The number of nitrogens with one attached hydrogen (secondary N) is 1. The molecule has 0 aliphatic carbocycles. The molecule has 1 fully saturated rings. The average molecular weight is 307 g/mol. The summed E-state index contributed by atoms with van der Waals surface area (Å²) in [5, 5.41) is 12.9. The van der Waals surface area contributed by atoms with Gasteiger partial charge in [0, 0.05) is 30.2 Å². The molecule has 3 rings (SSSR count). The molecular formula is C18H17N3O2. The molecule has 2 aromatic rings. The van der Waals surface area contributed by atoms with Gasteiger partial charge in [0.05, 0.1) is 18.2 Å². The highest BCUT2D eigenvalue weighted by Crippen LogP contribution is 2.18. The molecule has 1 aliphatic rings. The summed E-state index contributed by atoms with van der Waals surface area (Å²) >= 11 is 0. The third kappa shape index (κ3) is 3.55. The van der Waals surface area contributed by atoms with Crippen LogP contribution < -0.4 is 5.32 Å². The van der Waals surface area contributed by atoms with Crippen LogP contribution in [-0.2, 0) is 9.53 Å². The number of aromatic nitrogens is 1. The van der Waals surface area contributed by atoms with Crippen molar-refractivity contribution in [3.05, 3.63) is 48.2 Å². The Kier molecular flexibility index (Phi) is 4.65. The van der Waals surface area contributed by atoms with E-state index in [2.05, 4.69) is 16.4 Å². The summed E-state index contributed by atoms with van der Waals surface area (Å²) in [5.41, 5.74) is 1.80. The summed E-state index contributed by atoms with van der Waals surface area (Å²) in [5.74, 6) is -0.205. The van der Waals surface area contributed by atoms with Crippen molar-refractivity contribution in [1.82, 2.24) is 10.3 Å². The van der Waals surface area contributed by atoms with Gasteiger partial charge in [-0.3, -0.25) is 9.78 Å². The molecule has 1 aromatic carbocycles. The van der Waals surface area contributed by atoms with Crippen LogP contribution in [0.15, 0.2) is 42.6 Å². The molecule has 1 saturated heterocycles. The van der Waals surface area contributed by atoms with Gasteiger partial charge < -0.3 is 10.1 Å². The number of ether oxygens (including phenoxy) is 1. The van der Waals surface area contributed by atoms with Gasteiger partial charge in [0.25, 0.3) is 0 Å². The first kappa shape index (κ1) is 15.2. The van der Waals surface area contributed by atoms with E-state index in [0.29, 0.717) is 13.2 Å². The first-order valence-electron chi connectivity index (χ1n) is 7.57. The lowest BCUT2D eigenvalue weighted by Gasteiger charge is -2.15. The lowest BCUT2D eigenvalue weighted by Crippen LogP contribution is -2.38. The predicted octanol–water partition coefficient (Wildman–Crippen LogP) is 2.29. The minimum absolute atomic E-state index is 0.0686. The second-order valence-corrected chi connectivity index (χ2v) is 5.49. The predicted molar refractivity (Wildman–Crippen MR) is 87.2 cm³/mol. The van der Waals surface area contributed by atoms with Gasteiger partial charge in [-0.2, -0.15) is 5.26 Å². The van der Waals surface area contributed by atoms with Crippen LogP contribution >= 0.6 is 0 Å². The van der Waals surface area contributed by atoms with Crippen LogP contribution in [0.3, 0.4) is 0 Å². The Morgan fingerprint density at radius 2 is 2.30 bits per heavy atom. The molecule has 1 aromatic heterocycles. The molecule has 5 heteroatoms. The zero-order valence-corrected chi connectivity index (χ0v) is 12.6. The second-order valence-electron chi connectivity index (χ2n) is 5.49. The van der Waals surface area contributed by atoms with E-state index in [1.807, 2.05) is 30.3 Å². The fourth-order valence-corrected chi connectivity index (χ4v) is 2.70. The summed E-state index contributed by atoms with van der Waals surface area (Å²) in [6.07, 6.45) is 5.73. The van der Waals surface area contributed by atoms with E-state index < -0.39 is 6.04 Å². The summed E-state index contributed by atoms with van der Waals surface area (Å²) in [6.45, 7) is 1.18. The Hall–Kier alpha value is -2.71. The van der Waals surface area contributed by atoms with Crippen molar-refractivity contribution < 1.29 is 9.53 Å². The number of carbonyl (C=O) groups is 1. The number of nitriles is 1. The lowest BCUT2D eigenvalue weighted by molar-refractivity contribution is -0.117. The molecule has 2 atom stereocenters. The van der Waals surface area contributed by atoms with Gasteiger partial charge in [0.2, 0.25) is 5.91 Å². The lowest BCUT2D eigenvalue weighted by atomic mass is 10.0. The number of hydrogen-bond acceptors (Lipinski definition) is 4. The fraction of sp³-hybridized carbons (Fsp3) is 0.278. The average Bonchev–Trinajstić information content (AvgIpc) is 3.12. The van der Waals surface area contributed by atoms with Gasteiger partial charge in [0.1, 0.15) is 6.04 Å². The van der Waals surface area contributed by atoms with Gasteiger partial charge in [-0.1, -0.05) is 18.2 Å². The van der Waals surface area contributed by atoms with Gasteiger partial charge in [0.15, 0.2) is 0 Å². The summed E-state index contributed by atoms with van der Waals surface area (Å²) < 4.78 is 5.27. The number of hydrogen-bond donors (Lipinski definition) is 1. The van der Waals surface area contributed by atoms with E-state index in [1.165, 1.54) is 6.08 Å². The van der Waals surface area contributed by atoms with E-state index in [-0.39, 0.29) is 11.8 Å². The molecule has 1 N–H and O–H groups in total. The van der Waals surface area contributed by atoms with Crippen LogP contribution in [0.2, 0.25) is 0 Å². The van der Waals surface area contributed by atoms with Gasteiger partial charge in [-0.25, -0.2) is 0 Å². The number of benzene rings is 1. The molecule has 1 aliphatic heterocycles. The van der Waals surface area contributed by atoms with E-state index in [9.17, 15) is 10.1 Å². The van der Waals surface area contributed by atoms with Gasteiger partial charge >= 0.3 is 0 Å². The summed E-state index contributed by atoms with van der Waals surface area (Å²) in [4.78, 5) is 16.4. The smallest absolute Gasteiger partial charge is 0.245 e. The van der Waals surface area contributed by atoms with Crippen molar-refractivity contribution in [1.29, 1.82) is 5.26 Å². The Morgan fingerprint density at radius 3 is 3.09 bits per heavy atom. The minimum Gasteiger partial charge on any atom is -0.381 e. The molecule has 2 heterocycles. The SMILES string of the molecule is N#CC(NC(=O)C=Cc1ccnc2ccccc12)C1CCOC1. The van der Waals surface area contributed by atoms with E-state index in [1.54, 1.807) is 12.3 Å². The van der Waals surface area contributed by atoms with Crippen molar-refractivity contribution in [3.63, 3.8) is 0 Å². The van der Waals surface area contributed by atoms with Crippen LogP contribution in [0.5, 0.6) is 0 Å². The number of amides is 1. The van der Waals surface area contributed by atoms with Gasteiger partial charge in [-0.05, 0) is 30.2 Å². The standard InChI is InChI=1S/C18H17N3O2/c19-11-17(14-8-10-23-12-14)21-18(22)6-5-13-7-9-20-16-4-2-1-3-15(13)16/h1-7,9,14,17H,8,10,12H2,(H,21,22). The molecular weight excluding hydrogens is 290 g/mol. The van der Waals surface area contributed by atoms with E-state index in [4.69, 9.17) is 4.74 Å². The number of carbonyl (C=O) groups excluding carboxylic acids is 1. The minimum atomic E-state index is -0.510. The van der Waals surface area contributed by atoms with Crippen molar-refractivity contribution in [2.45, 2.75) is 12.5 Å². The maximum absolute atomic E-state index is 12.1. The molecule has 116 valence electrons. The van der Waals surface area contributed by atoms with Crippen LogP contribution in [0.4, 0.5) is 0 Å². The largest absolute Gasteiger partial charge is 0.381 e. The first-order valence-corrected chi connectivity index (χ1v) is 7.57. The second kappa shape index (κ2) is 7.03. The van der Waals surface area contributed by atoms with E-state index >= 15 is 0 Å². The maximum Gasteiger partial charge on any atom is 0.245 e. The van der Waals surface area contributed by atoms with Crippen LogP contribution in [-0.4, -0.2) is 30.1 Å². The third-order valence-electron chi connectivity index (χ3n) is 3.97. The zero-order chi connectivity index (χ0) is 16.1. The zero-order valence-electron chi connectivity index (χ0n) is 12.6. The molecule has 0 radical (unpaired) electrons. The Bertz CT molecular complexity index is 768. The highest BCUT2D eigenvalue weighted by molar-refractivity contribution is 5.95. The molecule has 0 spiro atoms. The normalized spacial score (nSPS) is 18.8. The fourth-order valence-electron chi connectivity index (χ4n) is 2.70. The van der Waals surface area contributed by atoms with Crippen molar-refractivity contribution in [2.24, 2.45) is 5.92 Å². The van der Waals surface area contributed by atoms with Crippen molar-refractivity contribution in [3.8, 4) is 6.07 Å². The summed E-state index contributed by atoms with van der Waals surface area (Å²) in [7, 11) is 0. The third-order valence-corrected chi connectivity index (χ3v) is 3.97. The number of fused-ring (bicyclic) bond motifs is 1. The molecule has 5 nitrogen and oxygen atoms in total. The topological polar surface area (TPSA) is 75.0 Å². The van der Waals surface area contributed by atoms with E-state index in [0.717, 1.165) is 22.9 Å². The Morgan fingerprint density at radius 1 is 1.43 bits per heavy atom. The Balaban J connectivity index is 1.71. The van der Waals surface area contributed by atoms with Crippen LogP contribution in [0.1, 0.15) is 12.0 Å². The van der Waals surface area contributed by atoms with Crippen molar-refractivity contribution >= 4 is 22.9 Å². The van der Waals surface area contributed by atoms with Crippen LogP contribution in [0.25, 0.3) is 17.0 Å². The monoisotopic (exact) mass is 307 g/mol. The molecule has 2 unspecified atom stereocenters. The molecule has 1 amide bonds. The highest BCUT2D eigenvalue weighted by atomic mass is 16.5. The molecule has 0 bridgehead atoms. The summed E-state index contributed by atoms with van der Waals surface area (Å²) in [6, 6.07) is 11.3. The first-order chi connectivity index (χ1) is 11.3. The number of rotatable bonds is 4. The number of pyridine rings is 1. The number of para-hydroxylation sites is 1. The number of nitrogens with zero attached hydrogens (tertiary/aromatic N) is 2. The molecule has 0 saturated carbocycles. The van der Waals surface area contributed by atoms with Crippen molar-refractivity contribution in [2.75, 3.05) is 13.2 Å². The van der Waals surface area contributed by atoms with Gasteiger partial charge in [-0.15, -0.1) is 0 Å². The Labute approximate surface area is 134 Å². The highest BCUT2D eigenvalue weighted by Gasteiger charge is 2.26. The molecule has 23 heavy (non-hydrogen) atoms.